The third-order valence-electron chi connectivity index (χ3n) is 8.10. The fraction of sp³-hybridized carbons (Fsp3) is 0.0588. The molecule has 0 radical (unpaired) electrons. The number of hydrogen-bond acceptors (Lipinski definition) is 14. The quantitative estimate of drug-likeness (QED) is 0.0609. The Morgan fingerprint density at radius 3 is 1.32 bits per heavy atom. The first-order valence-electron chi connectivity index (χ1n) is 14.9. The molecule has 0 atom stereocenters. The van der Waals surface area contributed by atoms with Crippen LogP contribution in [0.4, 0.5) is 22.7 Å². The first-order chi connectivity index (χ1) is 24.6. The van der Waals surface area contributed by atoms with Gasteiger partial charge < -0.3 is 20.9 Å². The van der Waals surface area contributed by atoms with Crippen LogP contribution in [0, 0.1) is 0 Å². The van der Waals surface area contributed by atoms with Gasteiger partial charge in [0.2, 0.25) is 11.6 Å². The summed E-state index contributed by atoms with van der Waals surface area (Å²) in [6.07, 6.45) is 5.26. The van der Waals surface area contributed by atoms with Crippen molar-refractivity contribution in [1.29, 1.82) is 0 Å². The summed E-state index contributed by atoms with van der Waals surface area (Å²) in [5, 5.41) is 8.36. The molecule has 0 unspecified atom stereocenters. The average molecular weight is 768 g/mol. The molecule has 2 aliphatic carbocycles. The molecule has 53 heavy (non-hydrogen) atoms. The summed E-state index contributed by atoms with van der Waals surface area (Å²) in [6.45, 7) is 0. The first-order valence-corrected chi connectivity index (χ1v) is 17.8. The normalized spacial score (nSPS) is 15.1. The zero-order chi connectivity index (χ0) is 37.5. The molecule has 0 saturated carbocycles. The minimum Gasteiger partial charge on any atom is -0.494 e. The molecule has 16 nitrogen and oxygen atoms in total. The zero-order valence-corrected chi connectivity index (χ0v) is 31.7. The van der Waals surface area contributed by atoms with Gasteiger partial charge in [-0.25, -0.2) is 0 Å². The van der Waals surface area contributed by atoms with E-state index in [1.165, 1.54) is 50.7 Å². The SMILES string of the molecule is COc1cc(-c2ccc(N/N=C3\C=Cc4c(S(=O)(=O)O)ccc(N)c4C3=O)c(OC)c2)ccc1N/N=C1/C=Cc2c(S(=O)(=O)O)ccc(N)c2C1=O.[Na+]. The summed E-state index contributed by atoms with van der Waals surface area (Å²) in [5.41, 5.74) is 19.3. The Hall–Kier alpha value is -5.34. The van der Waals surface area contributed by atoms with E-state index in [2.05, 4.69) is 21.1 Å². The number of benzene rings is 4. The maximum absolute atomic E-state index is 13.2. The molecule has 0 spiro atoms. The van der Waals surface area contributed by atoms with Gasteiger partial charge in [-0.15, -0.1) is 0 Å². The monoisotopic (exact) mass is 767 g/mol. The number of ether oxygens (including phenoxy) is 2. The maximum Gasteiger partial charge on any atom is 1.00 e. The predicted octanol–water partition coefficient (Wildman–Crippen LogP) is 1.39. The number of Topliss-reactive ketones (excluding diaryl/α,β-unsaturated/α-hetero) is 2. The van der Waals surface area contributed by atoms with E-state index in [0.717, 1.165) is 12.1 Å². The minimum absolute atomic E-state index is 0. The molecule has 4 aromatic carbocycles. The van der Waals surface area contributed by atoms with Gasteiger partial charge in [-0.1, -0.05) is 24.3 Å². The number of anilines is 4. The molecule has 4 aromatic rings. The Morgan fingerprint density at radius 1 is 0.604 bits per heavy atom. The van der Waals surface area contributed by atoms with Gasteiger partial charge in [0, 0.05) is 22.5 Å². The second-order valence-corrected chi connectivity index (χ2v) is 14.0. The Morgan fingerprint density at radius 2 is 0.981 bits per heavy atom. The Bertz CT molecular complexity index is 2390. The average Bonchev–Trinajstić information content (AvgIpc) is 3.10. The number of nitrogens with one attached hydrogen (secondary N) is 2. The van der Waals surface area contributed by atoms with E-state index in [4.69, 9.17) is 20.9 Å². The number of fused-ring (bicyclic) bond motifs is 2. The number of methoxy groups -OCH3 is 2. The van der Waals surface area contributed by atoms with Gasteiger partial charge in [-0.2, -0.15) is 27.0 Å². The molecule has 6 rings (SSSR count). The van der Waals surface area contributed by atoms with Gasteiger partial charge in [0.1, 0.15) is 32.7 Å². The number of nitrogens with two attached hydrogens (primary N) is 2. The minimum atomic E-state index is -4.61. The molecule has 0 amide bonds. The number of allylic oxidation sites excluding steroid dienone is 2. The van der Waals surface area contributed by atoms with Crippen molar-refractivity contribution in [2.24, 2.45) is 10.2 Å². The Labute approximate surface area is 325 Å². The van der Waals surface area contributed by atoms with E-state index in [1.807, 2.05) is 0 Å². The number of carbonyl (C=O) groups is 2. The standard InChI is InChI=1S/C34H28N6O10S2.Na/c1-49-27-15-17(3-9-23(27)37-39-25-11-5-19-29(51(43,44)45)13-7-21(35)31(19)33(25)41)18-4-10-24(28(16-18)50-2)38-40-26-12-6-20-30(52(46,47)48)14-8-22(36)32(20)34(26)42;/h3-16,37-38H,35-36H2,1-2H3,(H,43,44,45)(H,46,47,48);/q;+1/b39-25-,40-26+;. The van der Waals surface area contributed by atoms with Crippen LogP contribution >= 0.6 is 0 Å². The molecule has 0 fully saturated rings. The summed E-state index contributed by atoms with van der Waals surface area (Å²) >= 11 is 0. The topological polar surface area (TPSA) is 262 Å². The number of hydrogen-bond donors (Lipinski definition) is 6. The number of ketones is 2. The first kappa shape index (κ1) is 38.9. The van der Waals surface area contributed by atoms with Crippen molar-refractivity contribution in [2.75, 3.05) is 36.5 Å². The third-order valence-corrected chi connectivity index (χ3v) is 9.92. The Balaban J connectivity index is 0.00000541. The molecular formula is C34H28N6NaO10S2+. The molecule has 8 N–H and O–H groups in total. The van der Waals surface area contributed by atoms with E-state index in [-0.39, 0.29) is 74.6 Å². The molecule has 0 heterocycles. The van der Waals surface area contributed by atoms with Crippen molar-refractivity contribution in [3.63, 3.8) is 0 Å². The Kier molecular flexibility index (Phi) is 11.0. The molecule has 0 aliphatic heterocycles. The van der Waals surface area contributed by atoms with Gasteiger partial charge in [0.05, 0.1) is 36.7 Å². The summed E-state index contributed by atoms with van der Waals surface area (Å²) in [7, 11) is -6.34. The molecule has 0 bridgehead atoms. The summed E-state index contributed by atoms with van der Waals surface area (Å²) in [4.78, 5) is 25.5. The molecule has 19 heteroatoms. The zero-order valence-electron chi connectivity index (χ0n) is 28.1. The maximum atomic E-state index is 13.2. The van der Waals surface area contributed by atoms with E-state index >= 15 is 0 Å². The van der Waals surface area contributed by atoms with Crippen molar-refractivity contribution in [3.05, 3.63) is 95.1 Å². The van der Waals surface area contributed by atoms with Crippen LogP contribution in [0.2, 0.25) is 0 Å². The summed E-state index contributed by atoms with van der Waals surface area (Å²) in [6, 6.07) is 14.9. The van der Waals surface area contributed by atoms with Crippen LogP contribution in [-0.4, -0.2) is 63.2 Å². The largest absolute Gasteiger partial charge is 1.00 e. The van der Waals surface area contributed by atoms with Crippen LogP contribution in [0.1, 0.15) is 31.8 Å². The number of hydrazone groups is 2. The van der Waals surface area contributed by atoms with E-state index in [1.54, 1.807) is 36.4 Å². The molecular weight excluding hydrogens is 740 g/mol. The van der Waals surface area contributed by atoms with E-state index < -0.39 is 41.6 Å². The van der Waals surface area contributed by atoms with Crippen LogP contribution in [0.15, 0.2) is 92.8 Å². The number of nitrogen functional groups attached to an aromatic ring is 2. The van der Waals surface area contributed by atoms with Crippen molar-refractivity contribution < 1.29 is 74.6 Å². The van der Waals surface area contributed by atoms with Crippen molar-refractivity contribution in [3.8, 4) is 22.6 Å². The molecule has 0 saturated heterocycles. The predicted molar refractivity (Wildman–Crippen MR) is 195 cm³/mol. The fourth-order valence-corrected chi connectivity index (χ4v) is 6.97. The van der Waals surface area contributed by atoms with Crippen LogP contribution in [0.5, 0.6) is 11.5 Å². The van der Waals surface area contributed by atoms with Crippen molar-refractivity contribution in [2.45, 2.75) is 9.79 Å². The molecule has 0 aromatic heterocycles. The number of carbonyl (C=O) groups excluding carboxylic acids is 2. The van der Waals surface area contributed by atoms with Crippen molar-refractivity contribution in [1.82, 2.24) is 0 Å². The second-order valence-electron chi connectivity index (χ2n) is 11.2. The van der Waals surface area contributed by atoms with Gasteiger partial charge in [-0.05, 0) is 71.8 Å². The van der Waals surface area contributed by atoms with Gasteiger partial charge in [0.15, 0.2) is 0 Å². The fourth-order valence-electron chi connectivity index (χ4n) is 5.60. The number of rotatable bonds is 9. The third kappa shape index (κ3) is 7.60. The van der Waals surface area contributed by atoms with E-state index in [0.29, 0.717) is 34.0 Å². The number of nitrogens with zero attached hydrogens (tertiary/aromatic N) is 2. The second kappa shape index (κ2) is 15.0. The van der Waals surface area contributed by atoms with Crippen LogP contribution < -0.4 is 61.3 Å². The van der Waals surface area contributed by atoms with Crippen LogP contribution in [0.3, 0.4) is 0 Å². The summed E-state index contributed by atoms with van der Waals surface area (Å²) < 4.78 is 77.5. The van der Waals surface area contributed by atoms with Crippen LogP contribution in [0.25, 0.3) is 23.3 Å². The van der Waals surface area contributed by atoms with Gasteiger partial charge in [0.25, 0.3) is 20.2 Å². The molecule has 266 valence electrons. The van der Waals surface area contributed by atoms with E-state index in [9.17, 15) is 35.5 Å². The van der Waals surface area contributed by atoms with Gasteiger partial charge >= 0.3 is 29.6 Å². The van der Waals surface area contributed by atoms with Gasteiger partial charge in [-0.3, -0.25) is 29.5 Å². The summed E-state index contributed by atoms with van der Waals surface area (Å²) in [5.74, 6) is -0.596. The van der Waals surface area contributed by atoms with Crippen LogP contribution in [-0.2, 0) is 20.2 Å². The molecule has 2 aliphatic rings. The smallest absolute Gasteiger partial charge is 0.494 e. The van der Waals surface area contributed by atoms with Crippen molar-refractivity contribution >= 4 is 78.1 Å².